The van der Waals surface area contributed by atoms with Crippen molar-refractivity contribution in [2.24, 2.45) is 5.73 Å². The molecule has 0 aliphatic carbocycles. The molecule has 0 aliphatic rings. The van der Waals surface area contributed by atoms with Gasteiger partial charge in [-0.25, -0.2) is 0 Å². The molecule has 0 heterocycles. The second kappa shape index (κ2) is 6.62. The number of carbonyl (C=O) groups is 1. The molecule has 0 aliphatic heterocycles. The van der Waals surface area contributed by atoms with Crippen molar-refractivity contribution in [1.82, 2.24) is 0 Å². The highest BCUT2D eigenvalue weighted by Crippen LogP contribution is 1.98. The smallest absolute Gasteiger partial charge is 0.269 e. The number of rotatable bonds is 3. The highest BCUT2D eigenvalue weighted by molar-refractivity contribution is 7.87. The number of hydrogen-bond donors (Lipinski definition) is 1. The normalized spacial score (nSPS) is 10.2. The van der Waals surface area contributed by atoms with Crippen molar-refractivity contribution in [3.05, 3.63) is 12.7 Å². The first kappa shape index (κ1) is 14.6. The highest BCUT2D eigenvalue weighted by atomic mass is 32.2. The standard InChI is InChI=1S/C4H10O3S.C3H5NO/c1-4(2)8(5,6)7-3;1-2-3(4)5/h4H,1-3H3;2H,1H2,(H2,4,5). The maximum Gasteiger partial charge on any atom is 0.269 e. The van der Waals surface area contributed by atoms with E-state index in [9.17, 15) is 13.2 Å². The summed E-state index contributed by atoms with van der Waals surface area (Å²) in [6.45, 7) is 6.22. The molecule has 13 heavy (non-hydrogen) atoms. The van der Waals surface area contributed by atoms with Crippen LogP contribution in [0.5, 0.6) is 0 Å². The Morgan fingerprint density at radius 2 is 1.85 bits per heavy atom. The van der Waals surface area contributed by atoms with Gasteiger partial charge in [0.1, 0.15) is 0 Å². The zero-order chi connectivity index (χ0) is 11.1. The first-order chi connectivity index (χ1) is 5.77. The van der Waals surface area contributed by atoms with E-state index in [1.54, 1.807) is 13.8 Å². The van der Waals surface area contributed by atoms with Crippen molar-refractivity contribution >= 4 is 16.0 Å². The van der Waals surface area contributed by atoms with Crippen molar-refractivity contribution < 1.29 is 17.4 Å². The highest BCUT2D eigenvalue weighted by Gasteiger charge is 2.12. The van der Waals surface area contributed by atoms with Crippen molar-refractivity contribution in [2.75, 3.05) is 7.11 Å². The molecule has 2 N–H and O–H groups in total. The minimum absolute atomic E-state index is 0.438. The molecule has 0 bridgehead atoms. The van der Waals surface area contributed by atoms with Crippen molar-refractivity contribution in [3.8, 4) is 0 Å². The third kappa shape index (κ3) is 9.03. The van der Waals surface area contributed by atoms with Crippen LogP contribution in [0, 0.1) is 0 Å². The van der Waals surface area contributed by atoms with Crippen LogP contribution < -0.4 is 5.73 Å². The minimum Gasteiger partial charge on any atom is -0.366 e. The Labute approximate surface area is 78.7 Å². The molecule has 0 spiro atoms. The molecule has 0 saturated heterocycles. The molecule has 6 heteroatoms. The van der Waals surface area contributed by atoms with Gasteiger partial charge in [0.05, 0.1) is 12.4 Å². The summed E-state index contributed by atoms with van der Waals surface area (Å²) in [5.41, 5.74) is 4.53. The van der Waals surface area contributed by atoms with E-state index in [-0.39, 0.29) is 0 Å². The van der Waals surface area contributed by atoms with E-state index >= 15 is 0 Å². The van der Waals surface area contributed by atoms with Gasteiger partial charge in [0.2, 0.25) is 5.91 Å². The van der Waals surface area contributed by atoms with Crippen molar-refractivity contribution in [1.29, 1.82) is 0 Å². The van der Waals surface area contributed by atoms with Crippen LogP contribution in [0.3, 0.4) is 0 Å². The Morgan fingerprint density at radius 1 is 1.54 bits per heavy atom. The molecule has 0 unspecified atom stereocenters. The zero-order valence-electron chi connectivity index (χ0n) is 7.98. The van der Waals surface area contributed by atoms with Crippen molar-refractivity contribution in [2.45, 2.75) is 19.1 Å². The lowest BCUT2D eigenvalue weighted by Crippen LogP contribution is -2.14. The molecular formula is C7H15NO4S. The first-order valence-electron chi connectivity index (χ1n) is 3.49. The fraction of sp³-hybridized carbons (Fsp3) is 0.571. The van der Waals surface area contributed by atoms with Gasteiger partial charge in [-0.05, 0) is 19.9 Å². The Kier molecular flexibility index (Phi) is 7.45. The lowest BCUT2D eigenvalue weighted by atomic mass is 10.6. The average Bonchev–Trinajstić information content (AvgIpc) is 2.05. The van der Waals surface area contributed by atoms with Gasteiger partial charge in [0.15, 0.2) is 0 Å². The number of primary amides is 1. The summed E-state index contributed by atoms with van der Waals surface area (Å²) < 4.78 is 25.1. The summed E-state index contributed by atoms with van der Waals surface area (Å²) >= 11 is 0. The topological polar surface area (TPSA) is 86.5 Å². The molecule has 0 aromatic heterocycles. The quantitative estimate of drug-likeness (QED) is 0.524. The van der Waals surface area contributed by atoms with Crippen LogP contribution in [0.15, 0.2) is 12.7 Å². The summed E-state index contributed by atoms with van der Waals surface area (Å²) in [5.74, 6) is -0.481. The molecule has 0 fully saturated rings. The zero-order valence-corrected chi connectivity index (χ0v) is 8.80. The molecule has 0 aromatic carbocycles. The molecule has 0 aromatic rings. The van der Waals surface area contributed by atoms with Crippen LogP contribution in [0.25, 0.3) is 0 Å². The van der Waals surface area contributed by atoms with E-state index in [1.165, 1.54) is 0 Å². The molecule has 0 radical (unpaired) electrons. The summed E-state index contributed by atoms with van der Waals surface area (Å²) in [6.07, 6.45) is 1.06. The maximum absolute atomic E-state index is 10.5. The van der Waals surface area contributed by atoms with E-state index < -0.39 is 21.3 Å². The van der Waals surface area contributed by atoms with E-state index in [0.29, 0.717) is 0 Å². The number of hydrogen-bond acceptors (Lipinski definition) is 4. The van der Waals surface area contributed by atoms with Crippen LogP contribution in [0.2, 0.25) is 0 Å². The van der Waals surface area contributed by atoms with Crippen LogP contribution >= 0.6 is 0 Å². The van der Waals surface area contributed by atoms with Gasteiger partial charge >= 0.3 is 0 Å². The number of carbonyl (C=O) groups excluding carboxylic acids is 1. The monoisotopic (exact) mass is 209 g/mol. The molecule has 0 atom stereocenters. The number of nitrogens with two attached hydrogens (primary N) is 1. The van der Waals surface area contributed by atoms with E-state index in [2.05, 4.69) is 16.5 Å². The summed E-state index contributed by atoms with van der Waals surface area (Å²) in [6, 6.07) is 0. The Balaban J connectivity index is 0. The molecule has 1 amide bonds. The fourth-order valence-corrected chi connectivity index (χ4v) is 0.577. The van der Waals surface area contributed by atoms with Crippen LogP contribution in [0.4, 0.5) is 0 Å². The summed E-state index contributed by atoms with van der Waals surface area (Å²) in [7, 11) is -2.07. The first-order valence-corrected chi connectivity index (χ1v) is 4.96. The van der Waals surface area contributed by atoms with Crippen molar-refractivity contribution in [3.63, 3.8) is 0 Å². The lowest BCUT2D eigenvalue weighted by Gasteiger charge is -2.01. The Hall–Kier alpha value is -0.880. The van der Waals surface area contributed by atoms with Gasteiger partial charge in [-0.1, -0.05) is 6.58 Å². The van der Waals surface area contributed by atoms with Gasteiger partial charge in [-0.3, -0.25) is 8.98 Å². The van der Waals surface area contributed by atoms with E-state index in [0.717, 1.165) is 13.2 Å². The van der Waals surface area contributed by atoms with Crippen LogP contribution in [0.1, 0.15) is 13.8 Å². The predicted molar refractivity (Wildman–Crippen MR) is 50.5 cm³/mol. The number of amides is 1. The predicted octanol–water partition coefficient (Wildman–Crippen LogP) is 0.0287. The van der Waals surface area contributed by atoms with Gasteiger partial charge in [0.25, 0.3) is 10.1 Å². The second-order valence-electron chi connectivity index (χ2n) is 2.31. The van der Waals surface area contributed by atoms with Gasteiger partial charge in [-0.2, -0.15) is 8.42 Å². The maximum atomic E-state index is 10.5. The Morgan fingerprint density at radius 3 is 1.85 bits per heavy atom. The van der Waals surface area contributed by atoms with Gasteiger partial charge in [0, 0.05) is 0 Å². The largest absolute Gasteiger partial charge is 0.366 e. The molecule has 0 saturated carbocycles. The third-order valence-electron chi connectivity index (χ3n) is 1.01. The SMILES string of the molecule is C=CC(N)=O.COS(=O)(=O)C(C)C. The minimum atomic E-state index is -3.24. The van der Waals surface area contributed by atoms with E-state index in [1.807, 2.05) is 0 Å². The van der Waals surface area contributed by atoms with Gasteiger partial charge < -0.3 is 5.73 Å². The molecular weight excluding hydrogens is 194 g/mol. The summed E-state index contributed by atoms with van der Waals surface area (Å²) in [5, 5.41) is -0.438. The fourth-order valence-electron chi connectivity index (χ4n) is 0.192. The summed E-state index contributed by atoms with van der Waals surface area (Å²) in [4.78, 5) is 9.47. The second-order valence-corrected chi connectivity index (χ2v) is 4.58. The molecule has 5 nitrogen and oxygen atoms in total. The third-order valence-corrected chi connectivity index (χ3v) is 2.63. The van der Waals surface area contributed by atoms with Crippen LogP contribution in [-0.2, 0) is 19.1 Å². The van der Waals surface area contributed by atoms with E-state index in [4.69, 9.17) is 0 Å². The van der Waals surface area contributed by atoms with Gasteiger partial charge in [-0.15, -0.1) is 0 Å². The molecule has 78 valence electrons. The Bertz CT molecular complexity index is 256. The average molecular weight is 209 g/mol. The lowest BCUT2D eigenvalue weighted by molar-refractivity contribution is -0.113. The molecule has 0 rings (SSSR count). The van der Waals surface area contributed by atoms with Crippen LogP contribution in [-0.4, -0.2) is 26.7 Å².